The molecule has 21 heavy (non-hydrogen) atoms. The lowest BCUT2D eigenvalue weighted by atomic mass is 10.1. The third kappa shape index (κ3) is 3.83. The quantitative estimate of drug-likeness (QED) is 0.830. The van der Waals surface area contributed by atoms with Crippen molar-refractivity contribution in [1.29, 1.82) is 0 Å². The Morgan fingerprint density at radius 1 is 1.19 bits per heavy atom. The highest BCUT2D eigenvalue weighted by atomic mass is 16.5. The van der Waals surface area contributed by atoms with E-state index in [1.807, 2.05) is 37.3 Å². The molecule has 0 unspecified atom stereocenters. The Morgan fingerprint density at radius 2 is 1.90 bits per heavy atom. The van der Waals surface area contributed by atoms with Gasteiger partial charge < -0.3 is 15.8 Å². The van der Waals surface area contributed by atoms with Crippen molar-refractivity contribution >= 4 is 11.6 Å². The van der Waals surface area contributed by atoms with E-state index in [2.05, 4.69) is 5.32 Å². The summed E-state index contributed by atoms with van der Waals surface area (Å²) in [5.74, 6) is -0.131. The molecule has 0 aliphatic carbocycles. The monoisotopic (exact) mass is 284 g/mol. The Balaban J connectivity index is 2.05. The highest BCUT2D eigenvalue weighted by Gasteiger charge is 2.08. The fourth-order valence-corrected chi connectivity index (χ4v) is 2.09. The number of rotatable bonds is 5. The third-order valence-corrected chi connectivity index (χ3v) is 3.40. The Morgan fingerprint density at radius 3 is 2.57 bits per heavy atom. The zero-order valence-electron chi connectivity index (χ0n) is 12.3. The summed E-state index contributed by atoms with van der Waals surface area (Å²) in [6.07, 6.45) is 0. The van der Waals surface area contributed by atoms with Gasteiger partial charge in [-0.15, -0.1) is 0 Å². The number of nitrogen functional groups attached to an aromatic ring is 1. The second kappa shape index (κ2) is 6.90. The Hall–Kier alpha value is -2.33. The standard InChI is InChI=1S/C17H20N2O2/c1-12-7-8-13(9-16(12)18)17(20)19-10-14-5-3-4-6-15(14)11-21-2/h3-9H,10-11,18H2,1-2H3,(H,19,20). The molecule has 0 saturated carbocycles. The van der Waals surface area contributed by atoms with E-state index in [0.717, 1.165) is 16.7 Å². The smallest absolute Gasteiger partial charge is 0.251 e. The number of anilines is 1. The van der Waals surface area contributed by atoms with Crippen LogP contribution in [0.5, 0.6) is 0 Å². The molecule has 0 atom stereocenters. The van der Waals surface area contributed by atoms with Crippen LogP contribution in [0.15, 0.2) is 42.5 Å². The van der Waals surface area contributed by atoms with Crippen LogP contribution in [-0.2, 0) is 17.9 Å². The van der Waals surface area contributed by atoms with Crippen LogP contribution in [0.2, 0.25) is 0 Å². The zero-order valence-corrected chi connectivity index (χ0v) is 12.3. The lowest BCUT2D eigenvalue weighted by Gasteiger charge is -2.11. The van der Waals surface area contributed by atoms with Crippen molar-refractivity contribution in [3.63, 3.8) is 0 Å². The molecule has 0 heterocycles. The SMILES string of the molecule is COCc1ccccc1CNC(=O)c1ccc(C)c(N)c1. The van der Waals surface area contributed by atoms with E-state index in [0.29, 0.717) is 24.4 Å². The first kappa shape index (κ1) is 15.1. The minimum Gasteiger partial charge on any atom is -0.398 e. The fourth-order valence-electron chi connectivity index (χ4n) is 2.09. The topological polar surface area (TPSA) is 64.3 Å². The van der Waals surface area contributed by atoms with Crippen LogP contribution in [0, 0.1) is 6.92 Å². The summed E-state index contributed by atoms with van der Waals surface area (Å²) < 4.78 is 5.16. The molecule has 0 aliphatic rings. The summed E-state index contributed by atoms with van der Waals surface area (Å²) >= 11 is 0. The molecule has 4 heteroatoms. The van der Waals surface area contributed by atoms with Crippen molar-refractivity contribution < 1.29 is 9.53 Å². The highest BCUT2D eigenvalue weighted by Crippen LogP contribution is 2.14. The molecule has 4 nitrogen and oxygen atoms in total. The van der Waals surface area contributed by atoms with Crippen LogP contribution in [-0.4, -0.2) is 13.0 Å². The van der Waals surface area contributed by atoms with E-state index in [9.17, 15) is 4.79 Å². The first-order chi connectivity index (χ1) is 10.1. The number of hydrogen-bond acceptors (Lipinski definition) is 3. The van der Waals surface area contributed by atoms with Crippen molar-refractivity contribution in [2.24, 2.45) is 0 Å². The number of hydrogen-bond donors (Lipinski definition) is 2. The summed E-state index contributed by atoms with van der Waals surface area (Å²) in [5, 5.41) is 2.91. The van der Waals surface area contributed by atoms with Gasteiger partial charge in [-0.05, 0) is 35.7 Å². The molecule has 3 N–H and O–H groups in total. The third-order valence-electron chi connectivity index (χ3n) is 3.40. The van der Waals surface area contributed by atoms with Gasteiger partial charge in [-0.25, -0.2) is 0 Å². The summed E-state index contributed by atoms with van der Waals surface area (Å²) in [7, 11) is 1.66. The van der Waals surface area contributed by atoms with E-state index in [1.165, 1.54) is 0 Å². The minimum atomic E-state index is -0.131. The molecule has 2 rings (SSSR count). The average Bonchev–Trinajstić information content (AvgIpc) is 2.49. The molecule has 0 saturated heterocycles. The van der Waals surface area contributed by atoms with Gasteiger partial charge in [0.15, 0.2) is 0 Å². The van der Waals surface area contributed by atoms with Gasteiger partial charge in [0.25, 0.3) is 5.91 Å². The minimum absolute atomic E-state index is 0.131. The van der Waals surface area contributed by atoms with Crippen LogP contribution in [0.25, 0.3) is 0 Å². The number of amides is 1. The zero-order chi connectivity index (χ0) is 15.2. The van der Waals surface area contributed by atoms with Crippen LogP contribution < -0.4 is 11.1 Å². The largest absolute Gasteiger partial charge is 0.398 e. The molecule has 0 aliphatic heterocycles. The number of nitrogens with two attached hydrogens (primary N) is 1. The van der Waals surface area contributed by atoms with Crippen molar-refractivity contribution in [2.45, 2.75) is 20.1 Å². The Bertz CT molecular complexity index is 638. The maximum atomic E-state index is 12.2. The van der Waals surface area contributed by atoms with E-state index in [4.69, 9.17) is 10.5 Å². The second-order valence-electron chi connectivity index (χ2n) is 4.96. The van der Waals surface area contributed by atoms with E-state index in [-0.39, 0.29) is 5.91 Å². The first-order valence-corrected chi connectivity index (χ1v) is 6.82. The molecular weight excluding hydrogens is 264 g/mol. The molecule has 0 radical (unpaired) electrons. The van der Waals surface area contributed by atoms with Crippen LogP contribution in [0.1, 0.15) is 27.0 Å². The van der Waals surface area contributed by atoms with Gasteiger partial charge >= 0.3 is 0 Å². The number of carbonyl (C=O) groups excluding carboxylic acids is 1. The van der Waals surface area contributed by atoms with Gasteiger partial charge in [0.1, 0.15) is 0 Å². The predicted octanol–water partition coefficient (Wildman–Crippen LogP) is 2.65. The molecular formula is C17H20N2O2. The number of aryl methyl sites for hydroxylation is 1. The maximum absolute atomic E-state index is 12.2. The number of ether oxygens (including phenoxy) is 1. The molecule has 0 aromatic heterocycles. The lowest BCUT2D eigenvalue weighted by Crippen LogP contribution is -2.23. The van der Waals surface area contributed by atoms with E-state index in [1.54, 1.807) is 19.2 Å². The van der Waals surface area contributed by atoms with Crippen molar-refractivity contribution in [3.8, 4) is 0 Å². The fraction of sp³-hybridized carbons (Fsp3) is 0.235. The molecule has 0 fully saturated rings. The molecule has 2 aromatic carbocycles. The van der Waals surface area contributed by atoms with Crippen LogP contribution in [0.3, 0.4) is 0 Å². The average molecular weight is 284 g/mol. The van der Waals surface area contributed by atoms with E-state index >= 15 is 0 Å². The number of methoxy groups -OCH3 is 1. The number of benzene rings is 2. The number of carbonyl (C=O) groups is 1. The van der Waals surface area contributed by atoms with Gasteiger partial charge in [0.05, 0.1) is 6.61 Å². The Labute approximate surface area is 124 Å². The summed E-state index contributed by atoms with van der Waals surface area (Å²) in [5.41, 5.74) is 10.1. The molecule has 110 valence electrons. The summed E-state index contributed by atoms with van der Waals surface area (Å²) in [6.45, 7) is 2.91. The van der Waals surface area contributed by atoms with E-state index < -0.39 is 0 Å². The Kier molecular flexibility index (Phi) is 4.95. The highest BCUT2D eigenvalue weighted by molar-refractivity contribution is 5.95. The van der Waals surface area contributed by atoms with Gasteiger partial charge in [0.2, 0.25) is 0 Å². The molecule has 0 spiro atoms. The number of nitrogens with one attached hydrogen (secondary N) is 1. The van der Waals surface area contributed by atoms with Crippen molar-refractivity contribution in [3.05, 3.63) is 64.7 Å². The molecule has 2 aromatic rings. The van der Waals surface area contributed by atoms with Crippen LogP contribution in [0.4, 0.5) is 5.69 Å². The maximum Gasteiger partial charge on any atom is 0.251 e. The molecule has 1 amide bonds. The van der Waals surface area contributed by atoms with Gasteiger partial charge in [0, 0.05) is 24.9 Å². The van der Waals surface area contributed by atoms with Gasteiger partial charge in [-0.2, -0.15) is 0 Å². The second-order valence-corrected chi connectivity index (χ2v) is 4.96. The summed E-state index contributed by atoms with van der Waals surface area (Å²) in [6, 6.07) is 13.2. The molecule has 0 bridgehead atoms. The van der Waals surface area contributed by atoms with Crippen LogP contribution >= 0.6 is 0 Å². The summed E-state index contributed by atoms with van der Waals surface area (Å²) in [4.78, 5) is 12.2. The van der Waals surface area contributed by atoms with Gasteiger partial charge in [-0.1, -0.05) is 30.3 Å². The van der Waals surface area contributed by atoms with Crippen molar-refractivity contribution in [1.82, 2.24) is 5.32 Å². The normalized spacial score (nSPS) is 10.4. The lowest BCUT2D eigenvalue weighted by molar-refractivity contribution is 0.0950. The van der Waals surface area contributed by atoms with Gasteiger partial charge in [-0.3, -0.25) is 4.79 Å². The van der Waals surface area contributed by atoms with Crippen molar-refractivity contribution in [2.75, 3.05) is 12.8 Å². The predicted molar refractivity (Wildman–Crippen MR) is 83.9 cm³/mol. The first-order valence-electron chi connectivity index (χ1n) is 6.82.